The van der Waals surface area contributed by atoms with Crippen LogP contribution in [0.5, 0.6) is 11.5 Å². The fraction of sp³-hybridized carbons (Fsp3) is 0.692. The van der Waals surface area contributed by atoms with E-state index < -0.39 is 11.6 Å². The first-order valence-corrected chi connectivity index (χ1v) is 12.1. The highest BCUT2D eigenvalue weighted by atomic mass is 19.2. The van der Waals surface area contributed by atoms with Gasteiger partial charge in [0.25, 0.3) is 0 Å². The van der Waals surface area contributed by atoms with Gasteiger partial charge in [0.2, 0.25) is 11.6 Å². The average Bonchev–Trinajstić information content (AvgIpc) is 2.81. The first-order valence-electron chi connectivity index (χ1n) is 12.1. The minimum absolute atomic E-state index is 0.0609. The summed E-state index contributed by atoms with van der Waals surface area (Å²) in [7, 11) is 0. The van der Waals surface area contributed by atoms with E-state index in [4.69, 9.17) is 14.2 Å². The number of halogens is 2. The number of benzene rings is 1. The Labute approximate surface area is 186 Å². The van der Waals surface area contributed by atoms with Crippen molar-refractivity contribution in [2.45, 2.75) is 77.2 Å². The van der Waals surface area contributed by atoms with Gasteiger partial charge in [0.1, 0.15) is 6.61 Å². The minimum atomic E-state index is -0.990. The molecule has 1 aliphatic carbocycles. The highest BCUT2D eigenvalue weighted by Crippen LogP contribution is 2.39. The van der Waals surface area contributed by atoms with Gasteiger partial charge in [0.15, 0.2) is 11.5 Å². The fourth-order valence-electron chi connectivity index (χ4n) is 4.88. The summed E-state index contributed by atoms with van der Waals surface area (Å²) in [5.74, 6) is 0.119. The lowest BCUT2D eigenvalue weighted by Crippen LogP contribution is -2.35. The lowest BCUT2D eigenvalue weighted by atomic mass is 9.73. The molecule has 1 saturated carbocycles. The van der Waals surface area contributed by atoms with Crippen LogP contribution in [0.4, 0.5) is 8.78 Å². The van der Waals surface area contributed by atoms with Crippen molar-refractivity contribution >= 4 is 0 Å². The summed E-state index contributed by atoms with van der Waals surface area (Å²) in [6, 6.07) is 2.88. The van der Waals surface area contributed by atoms with Gasteiger partial charge in [0.05, 0.1) is 19.3 Å². The first kappa shape index (κ1) is 24.0. The van der Waals surface area contributed by atoms with Gasteiger partial charge in [-0.2, -0.15) is 8.78 Å². The molecule has 0 bridgehead atoms. The molecule has 0 radical (unpaired) electrons. The van der Waals surface area contributed by atoms with E-state index >= 15 is 0 Å². The molecule has 2 atom stereocenters. The fourth-order valence-corrected chi connectivity index (χ4v) is 4.88. The molecule has 1 aliphatic heterocycles. The summed E-state index contributed by atoms with van der Waals surface area (Å²) in [5, 5.41) is 0. The van der Waals surface area contributed by atoms with Crippen molar-refractivity contribution in [2.75, 3.05) is 19.8 Å². The number of hydrogen-bond acceptors (Lipinski definition) is 3. The molecule has 2 aliphatic rings. The van der Waals surface area contributed by atoms with Crippen molar-refractivity contribution in [3.63, 3.8) is 0 Å². The van der Waals surface area contributed by atoms with E-state index in [1.54, 1.807) is 0 Å². The van der Waals surface area contributed by atoms with Crippen LogP contribution in [-0.2, 0) is 4.74 Å². The van der Waals surface area contributed by atoms with Gasteiger partial charge in [0, 0.05) is 0 Å². The predicted molar refractivity (Wildman–Crippen MR) is 120 cm³/mol. The van der Waals surface area contributed by atoms with Crippen LogP contribution in [0.3, 0.4) is 0 Å². The van der Waals surface area contributed by atoms with Crippen molar-refractivity contribution < 1.29 is 23.0 Å². The van der Waals surface area contributed by atoms with Crippen LogP contribution >= 0.6 is 0 Å². The zero-order chi connectivity index (χ0) is 22.1. The SMILES string of the molecule is C=CCCC1CCC(C2CCC(COc3ccc(OCCCC)c(F)c3F)OC2)CC1. The van der Waals surface area contributed by atoms with Gasteiger partial charge in [-0.05, 0) is 74.8 Å². The van der Waals surface area contributed by atoms with Gasteiger partial charge in [-0.25, -0.2) is 0 Å². The number of hydrogen-bond donors (Lipinski definition) is 0. The van der Waals surface area contributed by atoms with E-state index in [2.05, 4.69) is 6.58 Å². The second-order valence-corrected chi connectivity index (χ2v) is 9.14. The van der Waals surface area contributed by atoms with Crippen molar-refractivity contribution in [1.29, 1.82) is 0 Å². The Bertz CT molecular complexity index is 677. The van der Waals surface area contributed by atoms with E-state index in [0.717, 1.165) is 50.5 Å². The Morgan fingerprint density at radius 1 is 1.00 bits per heavy atom. The zero-order valence-corrected chi connectivity index (χ0v) is 18.9. The second-order valence-electron chi connectivity index (χ2n) is 9.14. The molecular formula is C26H38F2O3. The smallest absolute Gasteiger partial charge is 0.204 e. The maximum atomic E-state index is 14.3. The molecule has 0 aromatic heterocycles. The average molecular weight is 437 g/mol. The van der Waals surface area contributed by atoms with Crippen LogP contribution in [0.15, 0.2) is 24.8 Å². The largest absolute Gasteiger partial charge is 0.490 e. The lowest BCUT2D eigenvalue weighted by molar-refractivity contribution is -0.0564. The Balaban J connectivity index is 1.39. The van der Waals surface area contributed by atoms with Crippen molar-refractivity contribution in [3.05, 3.63) is 36.4 Å². The van der Waals surface area contributed by atoms with E-state index in [1.165, 1.54) is 44.2 Å². The Hall–Kier alpha value is -1.62. The molecule has 1 aromatic carbocycles. The van der Waals surface area contributed by atoms with E-state index in [1.807, 2.05) is 13.0 Å². The molecule has 1 saturated heterocycles. The topological polar surface area (TPSA) is 27.7 Å². The monoisotopic (exact) mass is 436 g/mol. The number of rotatable bonds is 11. The molecule has 0 spiro atoms. The first-order chi connectivity index (χ1) is 15.1. The lowest BCUT2D eigenvalue weighted by Gasteiger charge is -2.37. The summed E-state index contributed by atoms with van der Waals surface area (Å²) in [4.78, 5) is 0. The van der Waals surface area contributed by atoms with E-state index in [-0.39, 0.29) is 24.2 Å². The molecule has 1 heterocycles. The number of ether oxygens (including phenoxy) is 3. The quantitative estimate of drug-likeness (QED) is 0.274. The maximum Gasteiger partial charge on any atom is 0.204 e. The van der Waals surface area contributed by atoms with Crippen molar-refractivity contribution in [3.8, 4) is 11.5 Å². The van der Waals surface area contributed by atoms with E-state index in [9.17, 15) is 8.78 Å². The molecule has 3 rings (SSSR count). The predicted octanol–water partition coefficient (Wildman–Crippen LogP) is 7.09. The molecule has 3 nitrogen and oxygen atoms in total. The maximum absolute atomic E-state index is 14.3. The summed E-state index contributed by atoms with van der Waals surface area (Å²) < 4.78 is 45.4. The van der Waals surface area contributed by atoms with Crippen LogP contribution in [0.1, 0.15) is 71.1 Å². The summed E-state index contributed by atoms with van der Waals surface area (Å²) in [6.07, 6.45) is 13.4. The van der Waals surface area contributed by atoms with Crippen LogP contribution in [0.25, 0.3) is 0 Å². The molecule has 0 N–H and O–H groups in total. The summed E-state index contributed by atoms with van der Waals surface area (Å²) in [5.41, 5.74) is 0. The Morgan fingerprint density at radius 2 is 1.68 bits per heavy atom. The van der Waals surface area contributed by atoms with E-state index in [0.29, 0.717) is 12.5 Å². The standard InChI is InChI=1S/C26H38F2O3/c1-3-5-7-19-8-10-20(11-9-19)21-12-13-22(30-17-21)18-31-24-15-14-23(25(27)26(24)28)29-16-6-4-2/h3,14-15,19-22H,1,4-13,16-18H2,2H3. The highest BCUT2D eigenvalue weighted by molar-refractivity contribution is 5.35. The number of unbranched alkanes of at least 4 members (excludes halogenated alkanes) is 1. The molecule has 0 amide bonds. The third-order valence-corrected chi connectivity index (χ3v) is 6.93. The van der Waals surface area contributed by atoms with Gasteiger partial charge in [-0.3, -0.25) is 0 Å². The van der Waals surface area contributed by atoms with Crippen LogP contribution < -0.4 is 9.47 Å². The van der Waals surface area contributed by atoms with Gasteiger partial charge >= 0.3 is 0 Å². The molecule has 5 heteroatoms. The summed E-state index contributed by atoms with van der Waals surface area (Å²) in [6.45, 7) is 7.21. The van der Waals surface area contributed by atoms with Crippen LogP contribution in [-0.4, -0.2) is 25.9 Å². The highest BCUT2D eigenvalue weighted by Gasteiger charge is 2.31. The number of allylic oxidation sites excluding steroid dienone is 1. The Morgan fingerprint density at radius 3 is 2.29 bits per heavy atom. The third kappa shape index (κ3) is 6.93. The van der Waals surface area contributed by atoms with Gasteiger partial charge in [-0.1, -0.05) is 32.3 Å². The van der Waals surface area contributed by atoms with Gasteiger partial charge < -0.3 is 14.2 Å². The molecule has 1 aromatic rings. The molecular weight excluding hydrogens is 398 g/mol. The van der Waals surface area contributed by atoms with Crippen molar-refractivity contribution in [2.24, 2.45) is 17.8 Å². The van der Waals surface area contributed by atoms with Gasteiger partial charge in [-0.15, -0.1) is 6.58 Å². The summed E-state index contributed by atoms with van der Waals surface area (Å²) >= 11 is 0. The Kier molecular flexibility index (Phi) is 9.63. The molecule has 2 unspecified atom stereocenters. The third-order valence-electron chi connectivity index (χ3n) is 6.93. The molecule has 174 valence electrons. The normalized spacial score (nSPS) is 26.4. The second kappa shape index (κ2) is 12.4. The molecule has 2 fully saturated rings. The van der Waals surface area contributed by atoms with Crippen molar-refractivity contribution in [1.82, 2.24) is 0 Å². The molecule has 31 heavy (non-hydrogen) atoms. The minimum Gasteiger partial charge on any atom is -0.490 e. The van der Waals surface area contributed by atoms with Crippen LogP contribution in [0, 0.1) is 29.4 Å². The zero-order valence-electron chi connectivity index (χ0n) is 18.9. The van der Waals surface area contributed by atoms with Crippen LogP contribution in [0.2, 0.25) is 0 Å².